The highest BCUT2D eigenvalue weighted by Gasteiger charge is 2.13. The van der Waals surface area contributed by atoms with Crippen LogP contribution in [0.15, 0.2) is 35.8 Å². The average Bonchev–Trinajstić information content (AvgIpc) is 2.86. The highest BCUT2D eigenvalue weighted by molar-refractivity contribution is 7.09. The summed E-state index contributed by atoms with van der Waals surface area (Å²) in [6.45, 7) is 2.68. The number of hydrogen-bond donors (Lipinski definition) is 1. The van der Waals surface area contributed by atoms with Crippen LogP contribution >= 0.6 is 11.3 Å². The first kappa shape index (κ1) is 12.1. The zero-order valence-corrected chi connectivity index (χ0v) is 10.8. The third-order valence-corrected chi connectivity index (χ3v) is 3.35. The van der Waals surface area contributed by atoms with E-state index in [9.17, 15) is 0 Å². The molecule has 0 aliphatic rings. The van der Waals surface area contributed by atoms with E-state index < -0.39 is 0 Å². The van der Waals surface area contributed by atoms with Crippen molar-refractivity contribution in [2.24, 2.45) is 0 Å². The van der Waals surface area contributed by atoms with Gasteiger partial charge in [-0.2, -0.15) is 0 Å². The number of nitrogens with one attached hydrogen (secondary N) is 1. The molecule has 0 saturated carbocycles. The molecule has 1 N–H and O–H groups in total. The number of hydrogen-bond acceptors (Lipinski definition) is 4. The van der Waals surface area contributed by atoms with Gasteiger partial charge in [-0.15, -0.1) is 11.3 Å². The predicted molar refractivity (Wildman–Crippen MR) is 70.6 cm³/mol. The molecule has 90 valence electrons. The molecule has 1 atom stereocenters. The molecular weight excluding hydrogens is 232 g/mol. The Morgan fingerprint density at radius 2 is 2.12 bits per heavy atom. The van der Waals surface area contributed by atoms with Crippen LogP contribution in [0.25, 0.3) is 0 Å². The predicted octanol–water partition coefficient (Wildman–Crippen LogP) is 2.85. The molecule has 17 heavy (non-hydrogen) atoms. The van der Waals surface area contributed by atoms with Crippen LogP contribution < -0.4 is 10.1 Å². The van der Waals surface area contributed by atoms with E-state index >= 15 is 0 Å². The van der Waals surface area contributed by atoms with E-state index in [1.807, 2.05) is 37.7 Å². The van der Waals surface area contributed by atoms with Crippen molar-refractivity contribution in [2.45, 2.75) is 13.0 Å². The van der Waals surface area contributed by atoms with Crippen molar-refractivity contribution >= 4 is 11.3 Å². The summed E-state index contributed by atoms with van der Waals surface area (Å²) in [7, 11) is 1.95. The van der Waals surface area contributed by atoms with Gasteiger partial charge in [0.05, 0.1) is 12.6 Å². The van der Waals surface area contributed by atoms with Crippen molar-refractivity contribution < 1.29 is 4.74 Å². The molecule has 0 spiro atoms. The summed E-state index contributed by atoms with van der Waals surface area (Å²) in [5, 5.41) is 6.35. The molecule has 3 nitrogen and oxygen atoms in total. The summed E-state index contributed by atoms with van der Waals surface area (Å²) in [4.78, 5) is 4.35. The molecule has 1 aromatic carbocycles. The fourth-order valence-electron chi connectivity index (χ4n) is 1.73. The molecule has 0 fully saturated rings. The molecule has 1 aromatic heterocycles. The monoisotopic (exact) mass is 248 g/mol. The molecule has 1 heterocycles. The molecule has 0 radical (unpaired) electrons. The topological polar surface area (TPSA) is 34.1 Å². The van der Waals surface area contributed by atoms with Crippen molar-refractivity contribution in [3.05, 3.63) is 46.4 Å². The molecule has 4 heteroatoms. The van der Waals surface area contributed by atoms with Gasteiger partial charge in [-0.1, -0.05) is 12.1 Å². The van der Waals surface area contributed by atoms with Crippen LogP contribution in [0.4, 0.5) is 0 Å². The normalized spacial score (nSPS) is 12.4. The summed E-state index contributed by atoms with van der Waals surface area (Å²) in [6.07, 6.45) is 1.83. The molecule has 1 unspecified atom stereocenters. The van der Waals surface area contributed by atoms with Gasteiger partial charge in [0.15, 0.2) is 0 Å². The van der Waals surface area contributed by atoms with Gasteiger partial charge in [0.2, 0.25) is 0 Å². The largest absolute Gasteiger partial charge is 0.494 e. The summed E-state index contributed by atoms with van der Waals surface area (Å²) < 4.78 is 5.43. The maximum Gasteiger partial charge on any atom is 0.119 e. The van der Waals surface area contributed by atoms with Crippen LogP contribution in [-0.4, -0.2) is 18.6 Å². The SMILES string of the molecule is CCOc1ccc(C(NC)c2nccs2)cc1. The molecule has 2 rings (SSSR count). The van der Waals surface area contributed by atoms with Crippen molar-refractivity contribution in [3.8, 4) is 5.75 Å². The van der Waals surface area contributed by atoms with E-state index in [0.717, 1.165) is 10.8 Å². The van der Waals surface area contributed by atoms with Crippen LogP contribution in [0.2, 0.25) is 0 Å². The summed E-state index contributed by atoms with van der Waals surface area (Å²) in [6, 6.07) is 8.31. The number of rotatable bonds is 5. The molecule has 0 bridgehead atoms. The standard InChI is InChI=1S/C13H16N2OS/c1-3-16-11-6-4-10(5-7-11)12(14-2)13-15-8-9-17-13/h4-9,12,14H,3H2,1-2H3. The van der Waals surface area contributed by atoms with Crippen molar-refractivity contribution in [3.63, 3.8) is 0 Å². The lowest BCUT2D eigenvalue weighted by molar-refractivity contribution is 0.340. The van der Waals surface area contributed by atoms with Crippen molar-refractivity contribution in [2.75, 3.05) is 13.7 Å². The minimum Gasteiger partial charge on any atom is -0.494 e. The lowest BCUT2D eigenvalue weighted by atomic mass is 10.1. The molecule has 0 aliphatic carbocycles. The van der Waals surface area contributed by atoms with Crippen molar-refractivity contribution in [1.29, 1.82) is 0 Å². The second kappa shape index (κ2) is 5.80. The van der Waals surface area contributed by atoms with E-state index in [1.165, 1.54) is 5.56 Å². The van der Waals surface area contributed by atoms with E-state index in [1.54, 1.807) is 11.3 Å². The van der Waals surface area contributed by atoms with E-state index in [0.29, 0.717) is 6.61 Å². The summed E-state index contributed by atoms with van der Waals surface area (Å²) >= 11 is 1.66. The van der Waals surface area contributed by atoms with Crippen LogP contribution in [0, 0.1) is 0 Å². The maximum absolute atomic E-state index is 5.43. The summed E-state index contributed by atoms with van der Waals surface area (Å²) in [5.41, 5.74) is 1.20. The smallest absolute Gasteiger partial charge is 0.119 e. The van der Waals surface area contributed by atoms with E-state index in [2.05, 4.69) is 22.4 Å². The zero-order valence-electron chi connectivity index (χ0n) is 10.0. The Bertz CT molecular complexity index is 439. The first-order chi connectivity index (χ1) is 8.35. The Labute approximate surface area is 105 Å². The minimum absolute atomic E-state index is 0.158. The third-order valence-electron chi connectivity index (χ3n) is 2.51. The van der Waals surface area contributed by atoms with Gasteiger partial charge in [-0.3, -0.25) is 0 Å². The quantitative estimate of drug-likeness (QED) is 0.883. The van der Waals surface area contributed by atoms with E-state index in [-0.39, 0.29) is 6.04 Å². The van der Waals surface area contributed by atoms with Crippen molar-refractivity contribution in [1.82, 2.24) is 10.3 Å². The van der Waals surface area contributed by atoms with Crippen LogP contribution in [0.5, 0.6) is 5.75 Å². The minimum atomic E-state index is 0.158. The Morgan fingerprint density at radius 1 is 1.35 bits per heavy atom. The number of ether oxygens (including phenoxy) is 1. The average molecular weight is 248 g/mol. The number of nitrogens with zero attached hydrogens (tertiary/aromatic N) is 1. The number of thiazole rings is 1. The lowest BCUT2D eigenvalue weighted by Crippen LogP contribution is -2.17. The Kier molecular flexibility index (Phi) is 4.12. The Hall–Kier alpha value is -1.39. The van der Waals surface area contributed by atoms with Gasteiger partial charge < -0.3 is 10.1 Å². The highest BCUT2D eigenvalue weighted by Crippen LogP contribution is 2.25. The molecule has 0 amide bonds. The first-order valence-electron chi connectivity index (χ1n) is 5.64. The van der Waals surface area contributed by atoms with Gasteiger partial charge in [0, 0.05) is 11.6 Å². The first-order valence-corrected chi connectivity index (χ1v) is 6.52. The van der Waals surface area contributed by atoms with Gasteiger partial charge in [0.1, 0.15) is 10.8 Å². The summed E-state index contributed by atoms with van der Waals surface area (Å²) in [5.74, 6) is 0.908. The maximum atomic E-state index is 5.43. The van der Waals surface area contributed by atoms with Gasteiger partial charge in [-0.05, 0) is 31.7 Å². The molecule has 0 aliphatic heterocycles. The highest BCUT2D eigenvalue weighted by atomic mass is 32.1. The molecule has 0 saturated heterocycles. The van der Waals surface area contributed by atoms with E-state index in [4.69, 9.17) is 4.74 Å². The molecular formula is C13H16N2OS. The van der Waals surface area contributed by atoms with Crippen LogP contribution in [-0.2, 0) is 0 Å². The van der Waals surface area contributed by atoms with Crippen LogP contribution in [0.1, 0.15) is 23.5 Å². The Balaban J connectivity index is 2.20. The number of aromatic nitrogens is 1. The number of benzene rings is 1. The third kappa shape index (κ3) is 2.84. The fourth-order valence-corrected chi connectivity index (χ4v) is 2.51. The molecule has 2 aromatic rings. The van der Waals surface area contributed by atoms with Gasteiger partial charge >= 0.3 is 0 Å². The van der Waals surface area contributed by atoms with Gasteiger partial charge in [-0.25, -0.2) is 4.98 Å². The second-order valence-corrected chi connectivity index (χ2v) is 4.52. The zero-order chi connectivity index (χ0) is 12.1. The Morgan fingerprint density at radius 3 is 2.65 bits per heavy atom. The second-order valence-electron chi connectivity index (χ2n) is 3.59. The van der Waals surface area contributed by atoms with Gasteiger partial charge in [0.25, 0.3) is 0 Å². The fraction of sp³-hybridized carbons (Fsp3) is 0.308. The van der Waals surface area contributed by atoms with Crippen LogP contribution in [0.3, 0.4) is 0 Å². The lowest BCUT2D eigenvalue weighted by Gasteiger charge is -2.14.